The first-order valence-electron chi connectivity index (χ1n) is 9.90. The Morgan fingerprint density at radius 1 is 1.06 bits per heavy atom. The first-order chi connectivity index (χ1) is 15.6. The largest absolute Gasteiger partial charge is 0.454 e. The van der Waals surface area contributed by atoms with Crippen LogP contribution in [0, 0.1) is 5.82 Å². The number of pyridine rings is 2. The third kappa shape index (κ3) is 3.94. The molecule has 5 rings (SSSR count). The van der Waals surface area contributed by atoms with E-state index in [9.17, 15) is 9.18 Å². The van der Waals surface area contributed by atoms with Crippen LogP contribution in [-0.2, 0) is 13.1 Å². The maximum atomic E-state index is 14.4. The van der Waals surface area contributed by atoms with Crippen molar-refractivity contribution in [2.24, 2.45) is 0 Å². The fraction of sp³-hybridized carbons (Fsp3) is 0.125. The van der Waals surface area contributed by atoms with Crippen LogP contribution >= 0.6 is 11.6 Å². The average molecular weight is 450 g/mol. The lowest BCUT2D eigenvalue weighted by molar-refractivity contribution is 0.0725. The molecular weight excluding hydrogens is 433 g/mol. The SMILES string of the molecule is O=C(c1ccccc1F)N(Cc1cccnc1)Cc1cc2cc3c(cc2nc1Cl)OCO3. The zero-order valence-electron chi connectivity index (χ0n) is 16.8. The van der Waals surface area contributed by atoms with Crippen LogP contribution in [0.2, 0.25) is 5.15 Å². The molecule has 0 aliphatic carbocycles. The minimum atomic E-state index is -0.580. The van der Waals surface area contributed by atoms with Crippen molar-refractivity contribution in [1.29, 1.82) is 0 Å². The molecule has 0 saturated carbocycles. The lowest BCUT2D eigenvalue weighted by Crippen LogP contribution is -2.31. The molecule has 32 heavy (non-hydrogen) atoms. The molecule has 2 aromatic carbocycles. The number of carbonyl (C=O) groups is 1. The summed E-state index contributed by atoms with van der Waals surface area (Å²) in [7, 11) is 0. The monoisotopic (exact) mass is 449 g/mol. The van der Waals surface area contributed by atoms with Crippen LogP contribution in [0.4, 0.5) is 4.39 Å². The van der Waals surface area contributed by atoms with Crippen molar-refractivity contribution in [2.75, 3.05) is 6.79 Å². The molecule has 0 fully saturated rings. The van der Waals surface area contributed by atoms with E-state index in [0.29, 0.717) is 22.6 Å². The number of nitrogens with zero attached hydrogens (tertiary/aromatic N) is 3. The maximum Gasteiger partial charge on any atom is 0.257 e. The van der Waals surface area contributed by atoms with Gasteiger partial charge >= 0.3 is 0 Å². The van der Waals surface area contributed by atoms with Gasteiger partial charge in [0.05, 0.1) is 11.1 Å². The summed E-state index contributed by atoms with van der Waals surface area (Å²) in [5, 5.41) is 1.06. The van der Waals surface area contributed by atoms with E-state index in [4.69, 9.17) is 21.1 Å². The van der Waals surface area contributed by atoms with Crippen LogP contribution in [0.25, 0.3) is 10.9 Å². The van der Waals surface area contributed by atoms with Gasteiger partial charge in [-0.3, -0.25) is 9.78 Å². The van der Waals surface area contributed by atoms with E-state index < -0.39 is 11.7 Å². The molecule has 1 aliphatic heterocycles. The molecule has 6 nitrogen and oxygen atoms in total. The molecule has 1 amide bonds. The molecule has 0 spiro atoms. The summed E-state index contributed by atoms with van der Waals surface area (Å²) in [6, 6.07) is 15.0. The predicted octanol–water partition coefficient (Wildman–Crippen LogP) is 4.99. The van der Waals surface area contributed by atoms with Crippen molar-refractivity contribution >= 4 is 28.4 Å². The minimum Gasteiger partial charge on any atom is -0.454 e. The van der Waals surface area contributed by atoms with Gasteiger partial charge < -0.3 is 14.4 Å². The van der Waals surface area contributed by atoms with Crippen molar-refractivity contribution in [3.63, 3.8) is 0 Å². The molecule has 1 aliphatic rings. The Morgan fingerprint density at radius 3 is 2.66 bits per heavy atom. The Balaban J connectivity index is 1.52. The second-order valence-corrected chi connectivity index (χ2v) is 7.70. The number of carbonyl (C=O) groups excluding carboxylic acids is 1. The van der Waals surface area contributed by atoms with Gasteiger partial charge in [0.1, 0.15) is 11.0 Å². The molecule has 8 heteroatoms. The van der Waals surface area contributed by atoms with E-state index in [2.05, 4.69) is 9.97 Å². The van der Waals surface area contributed by atoms with E-state index in [1.54, 1.807) is 36.7 Å². The van der Waals surface area contributed by atoms with Crippen LogP contribution < -0.4 is 9.47 Å². The molecule has 0 N–H and O–H groups in total. The summed E-state index contributed by atoms with van der Waals surface area (Å²) in [6.07, 6.45) is 3.32. The van der Waals surface area contributed by atoms with Gasteiger partial charge in [-0.15, -0.1) is 0 Å². The Hall–Kier alpha value is -3.71. The molecule has 160 valence electrons. The number of amides is 1. The van der Waals surface area contributed by atoms with E-state index in [1.807, 2.05) is 18.2 Å². The van der Waals surface area contributed by atoms with Crippen LogP contribution in [0.1, 0.15) is 21.5 Å². The summed E-state index contributed by atoms with van der Waals surface area (Å²) in [6.45, 7) is 0.525. The van der Waals surface area contributed by atoms with Gasteiger partial charge in [-0.25, -0.2) is 9.37 Å². The van der Waals surface area contributed by atoms with E-state index in [1.165, 1.54) is 17.0 Å². The van der Waals surface area contributed by atoms with Crippen molar-refractivity contribution in [1.82, 2.24) is 14.9 Å². The number of benzene rings is 2. The minimum absolute atomic E-state index is 0.00960. The molecular formula is C24H17ClFN3O3. The van der Waals surface area contributed by atoms with Crippen molar-refractivity contribution in [3.8, 4) is 11.5 Å². The third-order valence-electron chi connectivity index (χ3n) is 5.18. The first-order valence-corrected chi connectivity index (χ1v) is 10.3. The Morgan fingerprint density at radius 2 is 1.88 bits per heavy atom. The molecule has 0 bridgehead atoms. The van der Waals surface area contributed by atoms with Gasteiger partial charge in [0.25, 0.3) is 5.91 Å². The second-order valence-electron chi connectivity index (χ2n) is 7.34. The molecule has 2 aromatic heterocycles. The predicted molar refractivity (Wildman–Crippen MR) is 117 cm³/mol. The Bertz CT molecular complexity index is 1320. The van der Waals surface area contributed by atoms with E-state index in [-0.39, 0.29) is 30.6 Å². The van der Waals surface area contributed by atoms with E-state index >= 15 is 0 Å². The number of fused-ring (bicyclic) bond motifs is 2. The topological polar surface area (TPSA) is 64.6 Å². The van der Waals surface area contributed by atoms with Crippen LogP contribution in [-0.4, -0.2) is 27.6 Å². The molecule has 0 unspecified atom stereocenters. The molecule has 0 saturated heterocycles. The number of hydrogen-bond acceptors (Lipinski definition) is 5. The van der Waals surface area contributed by atoms with Gasteiger partial charge in [-0.2, -0.15) is 0 Å². The molecule has 4 aromatic rings. The fourth-order valence-corrected chi connectivity index (χ4v) is 3.82. The first kappa shape index (κ1) is 20.2. The standard InChI is InChI=1S/C24H17ClFN3O3/c25-23-17(8-16-9-21-22(32-14-31-21)10-20(16)28-23)13-29(12-15-4-3-7-27-11-15)24(30)18-5-1-2-6-19(18)26/h1-11H,12-14H2. The Kier molecular flexibility index (Phi) is 5.33. The summed E-state index contributed by atoms with van der Waals surface area (Å²) in [5.41, 5.74) is 2.09. The summed E-state index contributed by atoms with van der Waals surface area (Å²) < 4.78 is 25.2. The lowest BCUT2D eigenvalue weighted by Gasteiger charge is -2.24. The highest BCUT2D eigenvalue weighted by atomic mass is 35.5. The molecule has 3 heterocycles. The molecule has 0 radical (unpaired) electrons. The van der Waals surface area contributed by atoms with Gasteiger partial charge in [0.2, 0.25) is 6.79 Å². The fourth-order valence-electron chi connectivity index (χ4n) is 3.62. The normalized spacial score (nSPS) is 12.2. The van der Waals surface area contributed by atoms with Crippen LogP contribution in [0.15, 0.2) is 67.0 Å². The lowest BCUT2D eigenvalue weighted by atomic mass is 10.1. The number of hydrogen-bond donors (Lipinski definition) is 0. The Labute approximate surface area is 188 Å². The highest BCUT2D eigenvalue weighted by Crippen LogP contribution is 2.36. The van der Waals surface area contributed by atoms with Crippen LogP contribution in [0.3, 0.4) is 0 Å². The van der Waals surface area contributed by atoms with E-state index in [0.717, 1.165) is 10.9 Å². The smallest absolute Gasteiger partial charge is 0.257 e. The zero-order chi connectivity index (χ0) is 22.1. The number of halogens is 2. The second kappa shape index (κ2) is 8.43. The highest BCUT2D eigenvalue weighted by Gasteiger charge is 2.22. The van der Waals surface area contributed by atoms with Crippen molar-refractivity contribution in [2.45, 2.75) is 13.1 Å². The summed E-state index contributed by atoms with van der Waals surface area (Å²) >= 11 is 6.48. The number of aromatic nitrogens is 2. The van der Waals surface area contributed by atoms with Gasteiger partial charge in [-0.1, -0.05) is 29.8 Å². The highest BCUT2D eigenvalue weighted by molar-refractivity contribution is 6.30. The zero-order valence-corrected chi connectivity index (χ0v) is 17.6. The summed E-state index contributed by atoms with van der Waals surface area (Å²) in [5.74, 6) is 0.210. The van der Waals surface area contributed by atoms with Gasteiger partial charge in [-0.05, 0) is 35.9 Å². The quantitative estimate of drug-likeness (QED) is 0.401. The average Bonchev–Trinajstić information content (AvgIpc) is 3.25. The number of rotatable bonds is 5. The van der Waals surface area contributed by atoms with Crippen molar-refractivity contribution < 1.29 is 18.7 Å². The third-order valence-corrected chi connectivity index (χ3v) is 5.51. The summed E-state index contributed by atoms with van der Waals surface area (Å²) in [4.78, 5) is 23.4. The van der Waals surface area contributed by atoms with Gasteiger partial charge in [0.15, 0.2) is 11.5 Å². The maximum absolute atomic E-state index is 14.4. The number of ether oxygens (including phenoxy) is 2. The van der Waals surface area contributed by atoms with Gasteiger partial charge in [0, 0.05) is 42.5 Å². The van der Waals surface area contributed by atoms with Crippen molar-refractivity contribution in [3.05, 3.63) is 94.7 Å². The molecule has 0 atom stereocenters. The van der Waals surface area contributed by atoms with Crippen LogP contribution in [0.5, 0.6) is 11.5 Å².